The van der Waals surface area contributed by atoms with Crippen molar-refractivity contribution in [2.75, 3.05) is 0 Å². The van der Waals surface area contributed by atoms with Crippen LogP contribution in [0.15, 0.2) is 58.1 Å². The third-order valence-corrected chi connectivity index (χ3v) is 4.75. The summed E-state index contributed by atoms with van der Waals surface area (Å²) in [6, 6.07) is 11.3. The molecule has 0 aliphatic carbocycles. The molecule has 2 aromatic carbocycles. The van der Waals surface area contributed by atoms with Gasteiger partial charge in [-0.05, 0) is 18.2 Å². The molecule has 0 aliphatic heterocycles. The third-order valence-electron chi connectivity index (χ3n) is 3.79. The SMILES string of the molecule is O=[N+]([O-])c1cccc(-c2csc(N=Nc3c(O)[nH]c4ccc(Cl)cc34)n2)c1. The Morgan fingerprint density at radius 2 is 2.07 bits per heavy atom. The molecule has 0 aliphatic rings. The zero-order chi connectivity index (χ0) is 19.0. The largest absolute Gasteiger partial charge is 0.493 e. The van der Waals surface area contributed by atoms with E-state index < -0.39 is 4.92 Å². The Labute approximate surface area is 160 Å². The highest BCUT2D eigenvalue weighted by atomic mass is 35.5. The highest BCUT2D eigenvalue weighted by Gasteiger charge is 2.12. The number of hydrogen-bond donors (Lipinski definition) is 2. The van der Waals surface area contributed by atoms with Crippen LogP contribution in [0.3, 0.4) is 0 Å². The van der Waals surface area contributed by atoms with Crippen LogP contribution >= 0.6 is 22.9 Å². The number of nitrogens with zero attached hydrogens (tertiary/aromatic N) is 4. The minimum absolute atomic E-state index is 0.00994. The molecule has 0 bridgehead atoms. The van der Waals surface area contributed by atoms with Crippen LogP contribution in [0.4, 0.5) is 16.5 Å². The van der Waals surface area contributed by atoms with Gasteiger partial charge >= 0.3 is 0 Å². The number of nitrogens with one attached hydrogen (secondary N) is 1. The van der Waals surface area contributed by atoms with E-state index >= 15 is 0 Å². The molecule has 0 unspecified atom stereocenters. The van der Waals surface area contributed by atoms with Crippen molar-refractivity contribution in [3.8, 4) is 17.1 Å². The highest BCUT2D eigenvalue weighted by molar-refractivity contribution is 7.13. The number of non-ortho nitro benzene ring substituents is 1. The number of nitro benzene ring substituents is 1. The van der Waals surface area contributed by atoms with E-state index in [4.69, 9.17) is 11.6 Å². The predicted octanol–water partition coefficient (Wildman–Crippen LogP) is 5.97. The van der Waals surface area contributed by atoms with Crippen molar-refractivity contribution in [1.82, 2.24) is 9.97 Å². The Morgan fingerprint density at radius 1 is 1.22 bits per heavy atom. The van der Waals surface area contributed by atoms with Gasteiger partial charge in [-0.2, -0.15) is 0 Å². The second-order valence-corrected chi connectivity index (χ2v) is 6.81. The minimum atomic E-state index is -0.457. The van der Waals surface area contributed by atoms with E-state index in [2.05, 4.69) is 20.2 Å². The number of aromatic amines is 1. The Kier molecular flexibility index (Phi) is 4.30. The van der Waals surface area contributed by atoms with Gasteiger partial charge < -0.3 is 10.1 Å². The van der Waals surface area contributed by atoms with Crippen LogP contribution in [0.5, 0.6) is 5.88 Å². The molecule has 10 heteroatoms. The minimum Gasteiger partial charge on any atom is -0.493 e. The van der Waals surface area contributed by atoms with Gasteiger partial charge in [-0.15, -0.1) is 21.6 Å². The molecule has 134 valence electrons. The second kappa shape index (κ2) is 6.78. The number of aromatic hydroxyl groups is 1. The Bertz CT molecular complexity index is 1200. The maximum Gasteiger partial charge on any atom is 0.270 e. The van der Waals surface area contributed by atoms with Crippen LogP contribution < -0.4 is 0 Å². The highest BCUT2D eigenvalue weighted by Crippen LogP contribution is 2.38. The third kappa shape index (κ3) is 3.37. The number of thiazole rings is 1. The number of aromatic nitrogens is 2. The topological polar surface area (TPSA) is 117 Å². The quantitative estimate of drug-likeness (QED) is 0.249. The first-order valence-electron chi connectivity index (χ1n) is 7.63. The van der Waals surface area contributed by atoms with Crippen LogP contribution in [0.1, 0.15) is 0 Å². The summed E-state index contributed by atoms with van der Waals surface area (Å²) in [5.41, 5.74) is 2.11. The van der Waals surface area contributed by atoms with Crippen molar-refractivity contribution in [3.05, 3.63) is 63.0 Å². The molecule has 0 saturated heterocycles. The standard InChI is InChI=1S/C17H10ClN5O3S/c18-10-4-5-13-12(7-10)15(16(24)19-13)21-22-17-20-14(8-27-17)9-2-1-3-11(6-9)23(25)26/h1-8,19,24H. The second-order valence-electron chi connectivity index (χ2n) is 5.53. The number of hydrogen-bond acceptors (Lipinski definition) is 7. The van der Waals surface area contributed by atoms with Gasteiger partial charge in [0.25, 0.3) is 5.69 Å². The molecule has 0 amide bonds. The van der Waals surface area contributed by atoms with E-state index in [9.17, 15) is 15.2 Å². The van der Waals surface area contributed by atoms with Crippen molar-refractivity contribution in [1.29, 1.82) is 0 Å². The molecule has 0 radical (unpaired) electrons. The molecule has 4 aromatic rings. The number of benzene rings is 2. The molecule has 2 N–H and O–H groups in total. The van der Waals surface area contributed by atoms with Crippen LogP contribution in [0.2, 0.25) is 5.02 Å². The summed E-state index contributed by atoms with van der Waals surface area (Å²) in [5, 5.41) is 32.3. The van der Waals surface area contributed by atoms with Gasteiger partial charge in [-0.3, -0.25) is 10.1 Å². The van der Waals surface area contributed by atoms with Crippen LogP contribution in [-0.2, 0) is 0 Å². The van der Waals surface area contributed by atoms with Crippen LogP contribution in [0.25, 0.3) is 22.2 Å². The Morgan fingerprint density at radius 3 is 2.89 bits per heavy atom. The Hall–Kier alpha value is -3.30. The van der Waals surface area contributed by atoms with E-state index in [1.54, 1.807) is 35.7 Å². The summed E-state index contributed by atoms with van der Waals surface area (Å²) in [4.78, 5) is 17.6. The number of H-pyrrole nitrogens is 1. The molecule has 0 fully saturated rings. The fourth-order valence-corrected chi connectivity index (χ4v) is 3.37. The lowest BCUT2D eigenvalue weighted by Crippen LogP contribution is -1.87. The maximum atomic E-state index is 10.9. The summed E-state index contributed by atoms with van der Waals surface area (Å²) in [5.74, 6) is -0.119. The van der Waals surface area contributed by atoms with Crippen molar-refractivity contribution in [3.63, 3.8) is 0 Å². The fraction of sp³-hybridized carbons (Fsp3) is 0. The van der Waals surface area contributed by atoms with E-state index in [-0.39, 0.29) is 17.3 Å². The van der Waals surface area contributed by atoms with E-state index in [0.29, 0.717) is 32.3 Å². The van der Waals surface area contributed by atoms with Gasteiger partial charge in [-0.25, -0.2) is 4.98 Å². The van der Waals surface area contributed by atoms with Gasteiger partial charge in [0.05, 0.1) is 16.1 Å². The number of halogens is 1. The molecule has 27 heavy (non-hydrogen) atoms. The van der Waals surface area contributed by atoms with Crippen molar-refractivity contribution in [2.45, 2.75) is 0 Å². The molecule has 0 spiro atoms. The summed E-state index contributed by atoms with van der Waals surface area (Å²) in [7, 11) is 0. The first-order valence-corrected chi connectivity index (χ1v) is 8.89. The van der Waals surface area contributed by atoms with E-state index in [1.807, 2.05) is 0 Å². The predicted molar refractivity (Wildman–Crippen MR) is 103 cm³/mol. The molecule has 0 saturated carbocycles. The monoisotopic (exact) mass is 399 g/mol. The lowest BCUT2D eigenvalue weighted by Gasteiger charge is -1.96. The van der Waals surface area contributed by atoms with Crippen molar-refractivity contribution in [2.24, 2.45) is 10.2 Å². The lowest BCUT2D eigenvalue weighted by molar-refractivity contribution is -0.384. The molecular weight excluding hydrogens is 390 g/mol. The molecule has 8 nitrogen and oxygen atoms in total. The summed E-state index contributed by atoms with van der Waals surface area (Å²) < 4.78 is 0. The molecule has 0 atom stereocenters. The average Bonchev–Trinajstić information content (AvgIpc) is 3.24. The smallest absolute Gasteiger partial charge is 0.270 e. The maximum absolute atomic E-state index is 10.9. The van der Waals surface area contributed by atoms with Gasteiger partial charge in [0.15, 0.2) is 5.69 Å². The number of nitro groups is 1. The first kappa shape index (κ1) is 17.1. The van der Waals surface area contributed by atoms with Gasteiger partial charge in [-0.1, -0.05) is 23.7 Å². The fourth-order valence-electron chi connectivity index (χ4n) is 2.55. The lowest BCUT2D eigenvalue weighted by atomic mass is 10.1. The summed E-state index contributed by atoms with van der Waals surface area (Å²) in [6.07, 6.45) is 0. The summed E-state index contributed by atoms with van der Waals surface area (Å²) >= 11 is 7.23. The Balaban J connectivity index is 1.65. The molecule has 2 aromatic heterocycles. The zero-order valence-electron chi connectivity index (χ0n) is 13.5. The first-order chi connectivity index (χ1) is 13.0. The van der Waals surface area contributed by atoms with Gasteiger partial charge in [0.1, 0.15) is 0 Å². The van der Waals surface area contributed by atoms with E-state index in [1.165, 1.54) is 23.5 Å². The zero-order valence-corrected chi connectivity index (χ0v) is 15.0. The molecular formula is C17H10ClN5O3S. The number of azo groups is 1. The molecule has 4 rings (SSSR count). The normalized spacial score (nSPS) is 11.4. The van der Waals surface area contributed by atoms with Crippen molar-refractivity contribution < 1.29 is 10.0 Å². The number of rotatable bonds is 4. The van der Waals surface area contributed by atoms with Crippen LogP contribution in [0, 0.1) is 10.1 Å². The van der Waals surface area contributed by atoms with Crippen LogP contribution in [-0.4, -0.2) is 20.0 Å². The number of fused-ring (bicyclic) bond motifs is 1. The average molecular weight is 400 g/mol. The summed E-state index contributed by atoms with van der Waals surface area (Å²) in [6.45, 7) is 0. The van der Waals surface area contributed by atoms with Crippen molar-refractivity contribution >= 4 is 50.3 Å². The van der Waals surface area contributed by atoms with Gasteiger partial charge in [0, 0.05) is 33.5 Å². The molecule has 2 heterocycles. The van der Waals surface area contributed by atoms with E-state index in [0.717, 1.165) is 0 Å². The van der Waals surface area contributed by atoms with Gasteiger partial charge in [0.2, 0.25) is 11.0 Å².